The molecule has 0 amide bonds. The van der Waals surface area contributed by atoms with E-state index in [-0.39, 0.29) is 18.9 Å². The molecule has 112 valence electrons. The molecule has 2 N–H and O–H groups in total. The Kier molecular flexibility index (Phi) is 4.37. The summed E-state index contributed by atoms with van der Waals surface area (Å²) in [7, 11) is 0. The zero-order chi connectivity index (χ0) is 14.8. The van der Waals surface area contributed by atoms with Crippen LogP contribution >= 0.6 is 27.3 Å². The summed E-state index contributed by atoms with van der Waals surface area (Å²) in [5.74, 6) is 2.19. The van der Waals surface area contributed by atoms with Crippen molar-refractivity contribution in [3.05, 3.63) is 39.0 Å². The Morgan fingerprint density at radius 2 is 2.10 bits per heavy atom. The van der Waals surface area contributed by atoms with Crippen LogP contribution in [0.4, 0.5) is 0 Å². The molecule has 1 aliphatic rings. The molecular formula is C15H16BrNO3S. The van der Waals surface area contributed by atoms with Crippen molar-refractivity contribution in [2.24, 2.45) is 5.73 Å². The minimum absolute atomic E-state index is 0.0685. The van der Waals surface area contributed by atoms with Gasteiger partial charge in [0.2, 0.25) is 6.79 Å². The molecule has 0 saturated carbocycles. The van der Waals surface area contributed by atoms with Gasteiger partial charge in [-0.1, -0.05) is 6.92 Å². The minimum atomic E-state index is -0.174. The van der Waals surface area contributed by atoms with Crippen LogP contribution in [0.25, 0.3) is 0 Å². The van der Waals surface area contributed by atoms with E-state index in [4.69, 9.17) is 19.9 Å². The van der Waals surface area contributed by atoms with Crippen LogP contribution in [0.15, 0.2) is 34.1 Å². The minimum Gasteiger partial charge on any atom is -0.483 e. The third kappa shape index (κ3) is 3.17. The molecule has 2 atom stereocenters. The highest BCUT2D eigenvalue weighted by Gasteiger charge is 2.23. The van der Waals surface area contributed by atoms with Crippen LogP contribution in [0.2, 0.25) is 0 Å². The summed E-state index contributed by atoms with van der Waals surface area (Å²) in [6.07, 6.45) is 0.664. The van der Waals surface area contributed by atoms with Crippen LogP contribution in [0.1, 0.15) is 24.3 Å². The molecule has 1 aromatic heterocycles. The van der Waals surface area contributed by atoms with E-state index in [2.05, 4.69) is 22.9 Å². The maximum atomic E-state index is 6.23. The third-order valence-corrected chi connectivity index (χ3v) is 5.03. The summed E-state index contributed by atoms with van der Waals surface area (Å²) in [6, 6.07) is 9.57. The summed E-state index contributed by atoms with van der Waals surface area (Å²) in [5.41, 5.74) is 6.23. The number of rotatable bonds is 5. The van der Waals surface area contributed by atoms with Gasteiger partial charge in [-0.2, -0.15) is 0 Å². The van der Waals surface area contributed by atoms with E-state index in [1.165, 1.54) is 0 Å². The monoisotopic (exact) mass is 369 g/mol. The molecule has 1 aliphatic heterocycles. The fourth-order valence-corrected chi connectivity index (χ4v) is 3.68. The van der Waals surface area contributed by atoms with E-state index in [0.29, 0.717) is 5.75 Å². The van der Waals surface area contributed by atoms with Gasteiger partial charge >= 0.3 is 0 Å². The van der Waals surface area contributed by atoms with Crippen LogP contribution in [0.3, 0.4) is 0 Å². The maximum absolute atomic E-state index is 6.23. The molecule has 2 heterocycles. The number of hydrogen-bond acceptors (Lipinski definition) is 5. The number of ether oxygens (including phenoxy) is 3. The highest BCUT2D eigenvalue weighted by Crippen LogP contribution is 2.38. The lowest BCUT2D eigenvalue weighted by Crippen LogP contribution is -2.30. The van der Waals surface area contributed by atoms with Gasteiger partial charge in [-0.05, 0) is 46.6 Å². The van der Waals surface area contributed by atoms with Crippen LogP contribution in [0, 0.1) is 0 Å². The fourth-order valence-electron chi connectivity index (χ4n) is 2.15. The van der Waals surface area contributed by atoms with Crippen LogP contribution in [0.5, 0.6) is 17.2 Å². The van der Waals surface area contributed by atoms with Gasteiger partial charge < -0.3 is 19.9 Å². The standard InChI is InChI=1S/C15H16BrNO3S/c1-2-10(17)15(13-5-6-14(16)21-13)20-9-3-4-11-12(7-9)19-8-18-11/h3-7,10,15H,2,8,17H2,1H3. The fraction of sp³-hybridized carbons (Fsp3) is 0.333. The van der Waals surface area contributed by atoms with Gasteiger partial charge in [-0.25, -0.2) is 0 Å². The van der Waals surface area contributed by atoms with E-state index in [1.54, 1.807) is 11.3 Å². The molecule has 2 unspecified atom stereocenters. The Balaban J connectivity index is 1.84. The quantitative estimate of drug-likeness (QED) is 0.861. The average molecular weight is 370 g/mol. The second kappa shape index (κ2) is 6.25. The van der Waals surface area contributed by atoms with Gasteiger partial charge in [-0.15, -0.1) is 11.3 Å². The topological polar surface area (TPSA) is 53.7 Å². The van der Waals surface area contributed by atoms with Crippen LogP contribution < -0.4 is 19.9 Å². The Bertz CT molecular complexity index is 631. The molecule has 0 fully saturated rings. The van der Waals surface area contributed by atoms with Crippen molar-refractivity contribution in [3.63, 3.8) is 0 Å². The molecule has 0 saturated heterocycles. The zero-order valence-electron chi connectivity index (χ0n) is 11.5. The number of hydrogen-bond donors (Lipinski definition) is 1. The third-order valence-electron chi connectivity index (χ3n) is 3.34. The average Bonchev–Trinajstić information content (AvgIpc) is 3.12. The van der Waals surface area contributed by atoms with Crippen molar-refractivity contribution in [2.75, 3.05) is 6.79 Å². The van der Waals surface area contributed by atoms with Gasteiger partial charge in [0, 0.05) is 17.0 Å². The highest BCUT2D eigenvalue weighted by atomic mass is 79.9. The Hall–Kier alpha value is -1.24. The van der Waals surface area contributed by atoms with Gasteiger partial charge in [0.25, 0.3) is 0 Å². The molecule has 0 spiro atoms. The Labute approximate surface area is 135 Å². The predicted molar refractivity (Wildman–Crippen MR) is 86.2 cm³/mol. The van der Waals surface area contributed by atoms with E-state index >= 15 is 0 Å². The number of benzene rings is 1. The summed E-state index contributed by atoms with van der Waals surface area (Å²) in [6.45, 7) is 2.32. The van der Waals surface area contributed by atoms with Crippen LogP contribution in [-0.4, -0.2) is 12.8 Å². The first-order valence-electron chi connectivity index (χ1n) is 6.74. The highest BCUT2D eigenvalue weighted by molar-refractivity contribution is 9.11. The molecule has 0 bridgehead atoms. The van der Waals surface area contributed by atoms with Gasteiger partial charge in [0.05, 0.1) is 3.79 Å². The molecular weight excluding hydrogens is 354 g/mol. The summed E-state index contributed by atoms with van der Waals surface area (Å²) < 4.78 is 17.9. The van der Waals surface area contributed by atoms with Crippen molar-refractivity contribution in [2.45, 2.75) is 25.5 Å². The molecule has 6 heteroatoms. The molecule has 0 radical (unpaired) electrons. The van der Waals surface area contributed by atoms with Crippen molar-refractivity contribution in [3.8, 4) is 17.2 Å². The van der Waals surface area contributed by atoms with Gasteiger partial charge in [0.1, 0.15) is 11.9 Å². The molecule has 1 aromatic carbocycles. The lowest BCUT2D eigenvalue weighted by molar-refractivity contribution is 0.169. The summed E-state index contributed by atoms with van der Waals surface area (Å²) in [4.78, 5) is 1.11. The van der Waals surface area contributed by atoms with E-state index in [1.807, 2.05) is 30.3 Å². The smallest absolute Gasteiger partial charge is 0.231 e. The number of thiophene rings is 1. The number of halogens is 1. The number of fused-ring (bicyclic) bond motifs is 1. The summed E-state index contributed by atoms with van der Waals surface area (Å²) >= 11 is 5.12. The number of nitrogens with two attached hydrogens (primary N) is 1. The van der Waals surface area contributed by atoms with Crippen molar-refractivity contribution >= 4 is 27.3 Å². The first kappa shape index (κ1) is 14.7. The van der Waals surface area contributed by atoms with Gasteiger partial charge in [0.15, 0.2) is 11.5 Å². The maximum Gasteiger partial charge on any atom is 0.231 e. The van der Waals surface area contributed by atoms with E-state index in [9.17, 15) is 0 Å². The second-order valence-electron chi connectivity index (χ2n) is 4.77. The normalized spacial score (nSPS) is 15.8. The molecule has 3 rings (SSSR count). The van der Waals surface area contributed by atoms with Gasteiger partial charge in [-0.3, -0.25) is 0 Å². The first-order chi connectivity index (χ1) is 10.2. The SMILES string of the molecule is CCC(N)C(Oc1ccc2c(c1)OCO2)c1ccc(Br)s1. The van der Waals surface area contributed by atoms with Crippen molar-refractivity contribution in [1.82, 2.24) is 0 Å². The lowest BCUT2D eigenvalue weighted by Gasteiger charge is -2.23. The van der Waals surface area contributed by atoms with E-state index < -0.39 is 0 Å². The molecule has 0 aliphatic carbocycles. The lowest BCUT2D eigenvalue weighted by atomic mass is 10.1. The second-order valence-corrected chi connectivity index (χ2v) is 7.26. The Morgan fingerprint density at radius 3 is 2.81 bits per heavy atom. The van der Waals surface area contributed by atoms with E-state index in [0.717, 1.165) is 26.6 Å². The Morgan fingerprint density at radius 1 is 1.29 bits per heavy atom. The zero-order valence-corrected chi connectivity index (χ0v) is 13.9. The predicted octanol–water partition coefficient (Wildman–Crippen LogP) is 4.10. The van der Waals surface area contributed by atoms with Crippen molar-refractivity contribution in [1.29, 1.82) is 0 Å². The van der Waals surface area contributed by atoms with Crippen LogP contribution in [-0.2, 0) is 0 Å². The molecule has 21 heavy (non-hydrogen) atoms. The molecule has 2 aromatic rings. The van der Waals surface area contributed by atoms with Crippen molar-refractivity contribution < 1.29 is 14.2 Å². The molecule has 4 nitrogen and oxygen atoms in total. The largest absolute Gasteiger partial charge is 0.483 e. The summed E-state index contributed by atoms with van der Waals surface area (Å²) in [5, 5.41) is 0. The first-order valence-corrected chi connectivity index (χ1v) is 8.35.